The fourth-order valence-electron chi connectivity index (χ4n) is 2.59. The largest absolute Gasteiger partial charge is 0.363 e. The Kier molecular flexibility index (Phi) is 5.56. The van der Waals surface area contributed by atoms with Gasteiger partial charge in [-0.3, -0.25) is 9.59 Å². The highest BCUT2D eigenvalue weighted by Crippen LogP contribution is 2.18. The molecule has 0 aliphatic carbocycles. The van der Waals surface area contributed by atoms with E-state index in [1.807, 2.05) is 37.3 Å². The standard InChI is InChI=1S/C21H20N4O2/c1-14(16-6-4-3-5-7-16)24-20-12-19(22-13-23-20)21(27)25-18-10-8-17(9-11-18)15(2)26/h3-14H,1-2H3,(H,25,27)(H,22,23,24). The number of anilines is 2. The number of carbonyl (C=O) groups is 2. The van der Waals surface area contributed by atoms with Crippen LogP contribution in [0.2, 0.25) is 0 Å². The predicted molar refractivity (Wildman–Crippen MR) is 105 cm³/mol. The Morgan fingerprint density at radius 3 is 2.33 bits per heavy atom. The smallest absolute Gasteiger partial charge is 0.274 e. The average Bonchev–Trinajstić information content (AvgIpc) is 2.69. The Balaban J connectivity index is 1.69. The number of ketones is 1. The summed E-state index contributed by atoms with van der Waals surface area (Å²) in [6, 6.07) is 18.3. The van der Waals surface area contributed by atoms with E-state index in [4.69, 9.17) is 0 Å². The Morgan fingerprint density at radius 1 is 0.963 bits per heavy atom. The molecule has 3 aromatic rings. The SMILES string of the molecule is CC(=O)c1ccc(NC(=O)c2cc(NC(C)c3ccccc3)ncn2)cc1. The summed E-state index contributed by atoms with van der Waals surface area (Å²) in [5.74, 6) is 0.203. The van der Waals surface area contributed by atoms with Crippen molar-refractivity contribution >= 4 is 23.2 Å². The molecule has 0 aliphatic heterocycles. The van der Waals surface area contributed by atoms with E-state index >= 15 is 0 Å². The van der Waals surface area contributed by atoms with Crippen LogP contribution < -0.4 is 10.6 Å². The van der Waals surface area contributed by atoms with Gasteiger partial charge in [-0.1, -0.05) is 30.3 Å². The van der Waals surface area contributed by atoms with Crippen molar-refractivity contribution in [3.05, 3.63) is 83.8 Å². The number of amides is 1. The molecule has 3 rings (SSSR count). The van der Waals surface area contributed by atoms with E-state index in [0.717, 1.165) is 5.56 Å². The van der Waals surface area contributed by atoms with E-state index in [-0.39, 0.29) is 23.4 Å². The minimum Gasteiger partial charge on any atom is -0.363 e. The van der Waals surface area contributed by atoms with E-state index in [1.165, 1.54) is 13.3 Å². The summed E-state index contributed by atoms with van der Waals surface area (Å²) in [5.41, 5.74) is 2.56. The lowest BCUT2D eigenvalue weighted by molar-refractivity contribution is 0.101. The summed E-state index contributed by atoms with van der Waals surface area (Å²) >= 11 is 0. The van der Waals surface area contributed by atoms with Crippen molar-refractivity contribution in [3.63, 3.8) is 0 Å². The van der Waals surface area contributed by atoms with Gasteiger partial charge in [0.15, 0.2) is 5.78 Å². The highest BCUT2D eigenvalue weighted by molar-refractivity contribution is 6.03. The first-order valence-electron chi connectivity index (χ1n) is 8.59. The normalized spacial score (nSPS) is 11.5. The van der Waals surface area contributed by atoms with Crippen molar-refractivity contribution in [2.45, 2.75) is 19.9 Å². The second-order valence-corrected chi connectivity index (χ2v) is 6.15. The van der Waals surface area contributed by atoms with Gasteiger partial charge in [-0.25, -0.2) is 9.97 Å². The van der Waals surface area contributed by atoms with E-state index in [2.05, 4.69) is 20.6 Å². The molecule has 2 aromatic carbocycles. The van der Waals surface area contributed by atoms with Gasteiger partial charge in [-0.2, -0.15) is 0 Å². The Labute approximate surface area is 157 Å². The topological polar surface area (TPSA) is 84.0 Å². The van der Waals surface area contributed by atoms with E-state index < -0.39 is 0 Å². The maximum Gasteiger partial charge on any atom is 0.274 e. The highest BCUT2D eigenvalue weighted by Gasteiger charge is 2.11. The lowest BCUT2D eigenvalue weighted by Crippen LogP contribution is -2.15. The van der Waals surface area contributed by atoms with Crippen molar-refractivity contribution in [3.8, 4) is 0 Å². The Bertz CT molecular complexity index is 940. The molecule has 136 valence electrons. The molecule has 1 atom stereocenters. The summed E-state index contributed by atoms with van der Waals surface area (Å²) in [6.45, 7) is 3.52. The molecule has 1 amide bonds. The van der Waals surface area contributed by atoms with E-state index in [1.54, 1.807) is 30.3 Å². The number of benzene rings is 2. The molecule has 6 heteroatoms. The first-order chi connectivity index (χ1) is 13.0. The van der Waals surface area contributed by atoms with Gasteiger partial charge in [0.25, 0.3) is 5.91 Å². The van der Waals surface area contributed by atoms with Crippen molar-refractivity contribution < 1.29 is 9.59 Å². The van der Waals surface area contributed by atoms with Crippen LogP contribution >= 0.6 is 0 Å². The Hall–Kier alpha value is -3.54. The van der Waals surface area contributed by atoms with Crippen LogP contribution in [0.5, 0.6) is 0 Å². The second-order valence-electron chi connectivity index (χ2n) is 6.15. The molecule has 1 aromatic heterocycles. The van der Waals surface area contributed by atoms with Gasteiger partial charge >= 0.3 is 0 Å². The number of hydrogen-bond acceptors (Lipinski definition) is 5. The molecule has 0 saturated carbocycles. The fourth-order valence-corrected chi connectivity index (χ4v) is 2.59. The fraction of sp³-hybridized carbons (Fsp3) is 0.143. The van der Waals surface area contributed by atoms with Gasteiger partial charge in [0, 0.05) is 23.4 Å². The predicted octanol–water partition coefficient (Wildman–Crippen LogP) is 4.10. The molecule has 1 unspecified atom stereocenters. The number of aromatic nitrogens is 2. The van der Waals surface area contributed by atoms with Gasteiger partial charge in [-0.15, -0.1) is 0 Å². The first kappa shape index (κ1) is 18.3. The Morgan fingerprint density at radius 2 is 1.67 bits per heavy atom. The summed E-state index contributed by atoms with van der Waals surface area (Å²) in [6.07, 6.45) is 1.35. The average molecular weight is 360 g/mol. The maximum absolute atomic E-state index is 12.4. The van der Waals surface area contributed by atoms with Crippen LogP contribution in [0, 0.1) is 0 Å². The van der Waals surface area contributed by atoms with Gasteiger partial charge in [-0.05, 0) is 43.7 Å². The maximum atomic E-state index is 12.4. The van der Waals surface area contributed by atoms with E-state index in [9.17, 15) is 9.59 Å². The number of Topliss-reactive ketones (excluding diaryl/α,β-unsaturated/α-hetero) is 1. The minimum atomic E-state index is -0.344. The van der Waals surface area contributed by atoms with Crippen molar-refractivity contribution in [1.82, 2.24) is 9.97 Å². The number of nitrogens with one attached hydrogen (secondary N) is 2. The molecule has 2 N–H and O–H groups in total. The molecule has 0 bridgehead atoms. The van der Waals surface area contributed by atoms with Crippen molar-refractivity contribution in [2.24, 2.45) is 0 Å². The zero-order valence-electron chi connectivity index (χ0n) is 15.1. The van der Waals surface area contributed by atoms with Crippen LogP contribution in [-0.2, 0) is 0 Å². The molecular formula is C21H20N4O2. The number of hydrogen-bond donors (Lipinski definition) is 2. The van der Waals surface area contributed by atoms with Crippen LogP contribution in [-0.4, -0.2) is 21.7 Å². The van der Waals surface area contributed by atoms with Crippen LogP contribution in [0.25, 0.3) is 0 Å². The number of carbonyl (C=O) groups excluding carboxylic acids is 2. The molecule has 0 radical (unpaired) electrons. The van der Waals surface area contributed by atoms with Gasteiger partial charge < -0.3 is 10.6 Å². The molecule has 6 nitrogen and oxygen atoms in total. The third-order valence-corrected chi connectivity index (χ3v) is 4.11. The molecule has 0 spiro atoms. The van der Waals surface area contributed by atoms with Gasteiger partial charge in [0.1, 0.15) is 17.8 Å². The van der Waals surface area contributed by atoms with E-state index in [0.29, 0.717) is 17.1 Å². The molecule has 27 heavy (non-hydrogen) atoms. The molecule has 0 aliphatic rings. The van der Waals surface area contributed by atoms with Crippen molar-refractivity contribution in [2.75, 3.05) is 10.6 Å². The summed E-state index contributed by atoms with van der Waals surface area (Å²) in [5, 5.41) is 6.04. The summed E-state index contributed by atoms with van der Waals surface area (Å²) in [7, 11) is 0. The number of nitrogens with zero attached hydrogens (tertiary/aromatic N) is 2. The zero-order chi connectivity index (χ0) is 19.2. The third kappa shape index (κ3) is 4.76. The summed E-state index contributed by atoms with van der Waals surface area (Å²) in [4.78, 5) is 32.0. The first-order valence-corrected chi connectivity index (χ1v) is 8.59. The van der Waals surface area contributed by atoms with Crippen LogP contribution in [0.1, 0.15) is 46.3 Å². The van der Waals surface area contributed by atoms with Crippen LogP contribution in [0.3, 0.4) is 0 Å². The number of rotatable bonds is 6. The lowest BCUT2D eigenvalue weighted by atomic mass is 10.1. The minimum absolute atomic E-state index is 0.0214. The van der Waals surface area contributed by atoms with Crippen LogP contribution in [0.15, 0.2) is 67.0 Å². The monoisotopic (exact) mass is 360 g/mol. The summed E-state index contributed by atoms with van der Waals surface area (Å²) < 4.78 is 0. The quantitative estimate of drug-likeness (QED) is 0.647. The van der Waals surface area contributed by atoms with Gasteiger partial charge in [0.05, 0.1) is 0 Å². The lowest BCUT2D eigenvalue weighted by Gasteiger charge is -2.15. The van der Waals surface area contributed by atoms with Gasteiger partial charge in [0.2, 0.25) is 0 Å². The molecule has 1 heterocycles. The zero-order valence-corrected chi connectivity index (χ0v) is 15.1. The molecule has 0 saturated heterocycles. The highest BCUT2D eigenvalue weighted by atomic mass is 16.2. The van der Waals surface area contributed by atoms with Crippen LogP contribution in [0.4, 0.5) is 11.5 Å². The molecule has 0 fully saturated rings. The third-order valence-electron chi connectivity index (χ3n) is 4.11. The second kappa shape index (κ2) is 8.23. The molecular weight excluding hydrogens is 340 g/mol. The van der Waals surface area contributed by atoms with Crippen molar-refractivity contribution in [1.29, 1.82) is 0 Å².